The minimum Gasteiger partial charge on any atom is -0.484 e. The van der Waals surface area contributed by atoms with Crippen LogP contribution >= 0.6 is 28.1 Å². The highest BCUT2D eigenvalue weighted by Crippen LogP contribution is 2.24. The van der Waals surface area contributed by atoms with Crippen LogP contribution in [0, 0.1) is 4.77 Å². The van der Waals surface area contributed by atoms with E-state index in [9.17, 15) is 4.79 Å². The fourth-order valence-electron chi connectivity index (χ4n) is 2.67. The molecule has 0 aliphatic heterocycles. The number of nitrogens with zero attached hydrogens (tertiary/aromatic N) is 2. The smallest absolute Gasteiger partial charge is 0.257 e. The van der Waals surface area contributed by atoms with Gasteiger partial charge in [0.15, 0.2) is 11.4 Å². The summed E-state index contributed by atoms with van der Waals surface area (Å²) in [5, 5.41) is 11.9. The number of hydrogen-bond acceptors (Lipinski definition) is 4. The van der Waals surface area contributed by atoms with Gasteiger partial charge >= 0.3 is 0 Å². The van der Waals surface area contributed by atoms with E-state index in [1.807, 2.05) is 47.9 Å². The average molecular weight is 435 g/mol. The van der Waals surface area contributed by atoms with Gasteiger partial charge in [0.25, 0.3) is 5.91 Å². The maximum atomic E-state index is 12.0. The Bertz CT molecular complexity index is 983. The normalized spacial score (nSPS) is 10.8. The van der Waals surface area contributed by atoms with E-state index in [0.717, 1.165) is 27.6 Å². The Morgan fingerprint density at radius 3 is 2.88 bits per heavy atom. The first-order chi connectivity index (χ1) is 12.6. The number of ether oxygens (including phenoxy) is 1. The second-order valence-electron chi connectivity index (χ2n) is 5.73. The molecule has 0 saturated carbocycles. The lowest BCUT2D eigenvalue weighted by Gasteiger charge is -2.09. The molecule has 6 nitrogen and oxygen atoms in total. The molecule has 1 aromatic heterocycles. The van der Waals surface area contributed by atoms with E-state index < -0.39 is 0 Å². The van der Waals surface area contributed by atoms with Crippen molar-refractivity contribution in [3.8, 4) is 5.75 Å². The van der Waals surface area contributed by atoms with Gasteiger partial charge in [-0.2, -0.15) is 5.10 Å². The number of hydrogen-bond donors (Lipinski definition) is 2. The molecule has 0 atom stereocenters. The minimum absolute atomic E-state index is 0.0251. The Balaban J connectivity index is 1.49. The van der Waals surface area contributed by atoms with Crippen molar-refractivity contribution in [2.24, 2.45) is 0 Å². The lowest BCUT2D eigenvalue weighted by Crippen LogP contribution is -2.31. The molecule has 0 aliphatic carbocycles. The van der Waals surface area contributed by atoms with Crippen LogP contribution in [0.25, 0.3) is 10.8 Å². The SMILES string of the molecule is CCn1c(CCNC(=O)COc2ccc3cc(Br)ccc3c2)n[nH]c1=S. The first kappa shape index (κ1) is 18.6. The zero-order valence-electron chi connectivity index (χ0n) is 14.3. The summed E-state index contributed by atoms with van der Waals surface area (Å²) in [6.45, 7) is 3.21. The van der Waals surface area contributed by atoms with Crippen molar-refractivity contribution in [1.29, 1.82) is 0 Å². The standard InChI is InChI=1S/C18H19BrN4O2S/c1-2-23-16(21-22-18(23)26)7-8-20-17(24)11-25-15-6-4-12-9-14(19)5-3-13(12)10-15/h3-6,9-10H,2,7-8,11H2,1H3,(H,20,24)(H,22,26). The molecular weight excluding hydrogens is 416 g/mol. The minimum atomic E-state index is -0.168. The number of fused-ring (bicyclic) bond motifs is 1. The van der Waals surface area contributed by atoms with Gasteiger partial charge in [-0.05, 0) is 54.2 Å². The van der Waals surface area contributed by atoms with Gasteiger partial charge in [0.1, 0.15) is 11.6 Å². The summed E-state index contributed by atoms with van der Waals surface area (Å²) in [5.41, 5.74) is 0. The number of halogens is 1. The summed E-state index contributed by atoms with van der Waals surface area (Å²) in [4.78, 5) is 12.0. The molecule has 0 bridgehead atoms. The fraction of sp³-hybridized carbons (Fsp3) is 0.278. The van der Waals surface area contributed by atoms with Crippen molar-refractivity contribution in [2.75, 3.05) is 13.2 Å². The molecule has 0 spiro atoms. The molecule has 1 heterocycles. The lowest BCUT2D eigenvalue weighted by atomic mass is 10.1. The van der Waals surface area contributed by atoms with Gasteiger partial charge < -0.3 is 14.6 Å². The molecular formula is C18H19BrN4O2S. The van der Waals surface area contributed by atoms with E-state index >= 15 is 0 Å². The molecule has 0 fully saturated rings. The van der Waals surface area contributed by atoms with Gasteiger partial charge in [-0.15, -0.1) is 0 Å². The van der Waals surface area contributed by atoms with Crippen LogP contribution in [0.4, 0.5) is 0 Å². The number of amides is 1. The van der Waals surface area contributed by atoms with E-state index in [0.29, 0.717) is 23.5 Å². The second kappa shape index (κ2) is 8.46. The van der Waals surface area contributed by atoms with Crippen LogP contribution in [0.2, 0.25) is 0 Å². The molecule has 0 radical (unpaired) electrons. The number of aromatic amines is 1. The molecule has 2 N–H and O–H groups in total. The van der Waals surface area contributed by atoms with Crippen LogP contribution in [0.1, 0.15) is 12.7 Å². The van der Waals surface area contributed by atoms with E-state index in [-0.39, 0.29) is 12.5 Å². The van der Waals surface area contributed by atoms with Gasteiger partial charge in [0.05, 0.1) is 0 Å². The van der Waals surface area contributed by atoms with Crippen LogP contribution in [-0.4, -0.2) is 33.8 Å². The molecule has 0 saturated heterocycles. The predicted molar refractivity (Wildman–Crippen MR) is 107 cm³/mol. The largest absolute Gasteiger partial charge is 0.484 e. The number of carbonyl (C=O) groups is 1. The van der Waals surface area contributed by atoms with Crippen molar-refractivity contribution >= 4 is 44.8 Å². The van der Waals surface area contributed by atoms with Gasteiger partial charge in [-0.25, -0.2) is 0 Å². The summed E-state index contributed by atoms with van der Waals surface area (Å²) >= 11 is 8.60. The third-order valence-corrected chi connectivity index (χ3v) is 4.77. The highest BCUT2D eigenvalue weighted by Gasteiger charge is 2.07. The van der Waals surface area contributed by atoms with Gasteiger partial charge in [-0.3, -0.25) is 9.89 Å². The van der Waals surface area contributed by atoms with Crippen molar-refractivity contribution < 1.29 is 9.53 Å². The molecule has 3 rings (SSSR count). The number of benzene rings is 2. The van der Waals surface area contributed by atoms with Crippen molar-refractivity contribution in [1.82, 2.24) is 20.1 Å². The summed E-state index contributed by atoms with van der Waals surface area (Å²) in [6.07, 6.45) is 0.609. The Morgan fingerprint density at radius 1 is 1.31 bits per heavy atom. The number of carbonyl (C=O) groups excluding carboxylic acids is 1. The lowest BCUT2D eigenvalue weighted by molar-refractivity contribution is -0.123. The Hall–Kier alpha value is -2.19. The third kappa shape index (κ3) is 4.50. The van der Waals surface area contributed by atoms with Crippen LogP contribution in [0.15, 0.2) is 40.9 Å². The topological polar surface area (TPSA) is 71.9 Å². The molecule has 3 aromatic rings. The second-order valence-corrected chi connectivity index (χ2v) is 7.03. The quantitative estimate of drug-likeness (QED) is 0.557. The third-order valence-electron chi connectivity index (χ3n) is 3.97. The number of aromatic nitrogens is 3. The highest BCUT2D eigenvalue weighted by atomic mass is 79.9. The van der Waals surface area contributed by atoms with E-state index in [1.54, 1.807) is 0 Å². The molecule has 0 unspecified atom stereocenters. The Labute approximate surface area is 164 Å². The van der Waals surface area contributed by atoms with Crippen molar-refractivity contribution in [3.05, 3.63) is 51.5 Å². The highest BCUT2D eigenvalue weighted by molar-refractivity contribution is 9.10. The molecule has 0 aliphatic rings. The fourth-order valence-corrected chi connectivity index (χ4v) is 3.32. The molecule has 1 amide bonds. The maximum absolute atomic E-state index is 12.0. The Kier molecular flexibility index (Phi) is 6.05. The summed E-state index contributed by atoms with van der Waals surface area (Å²) in [5.74, 6) is 1.33. The molecule has 136 valence electrons. The summed E-state index contributed by atoms with van der Waals surface area (Å²) < 4.78 is 9.13. The molecule has 2 aromatic carbocycles. The predicted octanol–water partition coefficient (Wildman–Crippen LogP) is 3.61. The first-order valence-electron chi connectivity index (χ1n) is 8.29. The maximum Gasteiger partial charge on any atom is 0.257 e. The van der Waals surface area contributed by atoms with Gasteiger partial charge in [-0.1, -0.05) is 28.1 Å². The van der Waals surface area contributed by atoms with Gasteiger partial charge in [0, 0.05) is 24.0 Å². The van der Waals surface area contributed by atoms with Crippen molar-refractivity contribution in [2.45, 2.75) is 19.9 Å². The first-order valence-corrected chi connectivity index (χ1v) is 9.50. The summed E-state index contributed by atoms with van der Waals surface area (Å²) in [7, 11) is 0. The van der Waals surface area contributed by atoms with Crippen LogP contribution < -0.4 is 10.1 Å². The zero-order chi connectivity index (χ0) is 18.5. The van der Waals surface area contributed by atoms with Crippen LogP contribution in [0.5, 0.6) is 5.75 Å². The van der Waals surface area contributed by atoms with Crippen molar-refractivity contribution in [3.63, 3.8) is 0 Å². The Morgan fingerprint density at radius 2 is 2.08 bits per heavy atom. The van der Waals surface area contributed by atoms with Crippen LogP contribution in [-0.2, 0) is 17.8 Å². The molecule has 26 heavy (non-hydrogen) atoms. The summed E-state index contributed by atoms with van der Waals surface area (Å²) in [6, 6.07) is 11.8. The number of rotatable bonds is 7. The monoisotopic (exact) mass is 434 g/mol. The molecule has 8 heteroatoms. The number of nitrogens with one attached hydrogen (secondary N) is 2. The average Bonchev–Trinajstić information content (AvgIpc) is 2.99. The number of H-pyrrole nitrogens is 1. The van der Waals surface area contributed by atoms with E-state index in [2.05, 4.69) is 31.4 Å². The van der Waals surface area contributed by atoms with Crippen LogP contribution in [0.3, 0.4) is 0 Å². The van der Waals surface area contributed by atoms with E-state index in [4.69, 9.17) is 17.0 Å². The van der Waals surface area contributed by atoms with Gasteiger partial charge in [0.2, 0.25) is 0 Å². The van der Waals surface area contributed by atoms with E-state index in [1.165, 1.54) is 0 Å². The zero-order valence-corrected chi connectivity index (χ0v) is 16.7.